The summed E-state index contributed by atoms with van der Waals surface area (Å²) in [7, 11) is 0. The number of unbranched alkanes of at least 4 members (excludes halogenated alkanes) is 33. The molecule has 6 heteroatoms. The van der Waals surface area contributed by atoms with Gasteiger partial charge < -0.3 is 14.2 Å². The second kappa shape index (κ2) is 56.7. The van der Waals surface area contributed by atoms with Gasteiger partial charge in [-0.3, -0.25) is 14.4 Å². The van der Waals surface area contributed by atoms with Gasteiger partial charge in [0, 0.05) is 12.8 Å². The van der Waals surface area contributed by atoms with E-state index in [4.69, 9.17) is 14.2 Å². The second-order valence-corrected chi connectivity index (χ2v) is 19.6. The number of rotatable bonds is 53. The summed E-state index contributed by atoms with van der Waals surface area (Å²) in [6.45, 7) is 6.38. The molecule has 0 aliphatic carbocycles. The monoisotopic (exact) mass is 951 g/mol. The smallest absolute Gasteiger partial charge is 0.310 e. The molecule has 0 aromatic rings. The van der Waals surface area contributed by atoms with Gasteiger partial charge in [-0.1, -0.05) is 293 Å². The summed E-state index contributed by atoms with van der Waals surface area (Å²) in [5, 5.41) is 0. The minimum absolute atomic E-state index is 0.100. The molecule has 0 rings (SSSR count). The summed E-state index contributed by atoms with van der Waals surface area (Å²) in [5.74, 6) is -1.05. The number of hydrogen-bond donors (Lipinski definition) is 0. The number of esters is 3. The highest BCUT2D eigenvalue weighted by atomic mass is 16.6. The first-order valence-corrected chi connectivity index (χ1v) is 29.3. The van der Waals surface area contributed by atoms with Crippen LogP contribution in [0.4, 0.5) is 0 Å². The number of allylic oxidation sites excluding steroid dienone is 9. The Morgan fingerprint density at radius 2 is 0.559 bits per heavy atom. The molecular formula is C62H110O6. The molecule has 0 amide bonds. The standard InChI is InChI=1S/C62H110O6/c1-4-7-10-13-15-17-19-21-23-24-25-26-27-28-29-30-31-32-33-34-35-36-37-39-40-42-44-46-49-52-55-61(64)67-58-59(57-66-60(63)54-51-48-12-9-6-3)68-62(65)56-53-50-47-45-43-41-38-22-20-18-16-14-11-8-5-2/h8,11,16,18,22,38,43,45,50,53,59H,4-7,9-10,12-15,17,19-21,23-37,39-42,44,46-49,51-52,54-58H2,1-3H3/b11-8-,18-16-,38-22-,45-43-,53-50-. The highest BCUT2D eigenvalue weighted by Gasteiger charge is 2.19. The lowest BCUT2D eigenvalue weighted by Gasteiger charge is -2.18. The number of ether oxygens (including phenoxy) is 3. The van der Waals surface area contributed by atoms with Crippen molar-refractivity contribution in [3.8, 4) is 0 Å². The van der Waals surface area contributed by atoms with Crippen LogP contribution >= 0.6 is 0 Å². The Bertz CT molecular complexity index is 1230. The third kappa shape index (κ3) is 54.1. The summed E-state index contributed by atoms with van der Waals surface area (Å²) in [4.78, 5) is 37.6. The van der Waals surface area contributed by atoms with E-state index in [-0.39, 0.29) is 31.6 Å². The number of hydrogen-bond acceptors (Lipinski definition) is 6. The molecule has 0 bridgehead atoms. The predicted octanol–water partition coefficient (Wildman–Crippen LogP) is 19.6. The van der Waals surface area contributed by atoms with Crippen LogP contribution in [0, 0.1) is 0 Å². The van der Waals surface area contributed by atoms with Crippen molar-refractivity contribution in [3.63, 3.8) is 0 Å². The van der Waals surface area contributed by atoms with Crippen molar-refractivity contribution in [2.24, 2.45) is 0 Å². The first kappa shape index (κ1) is 65.1. The van der Waals surface area contributed by atoms with Crippen LogP contribution in [-0.4, -0.2) is 37.2 Å². The zero-order chi connectivity index (χ0) is 49.3. The average molecular weight is 952 g/mol. The molecule has 0 aliphatic heterocycles. The summed E-state index contributed by atoms with van der Waals surface area (Å²) in [6.07, 6.45) is 71.8. The summed E-state index contributed by atoms with van der Waals surface area (Å²) < 4.78 is 16.6. The minimum atomic E-state index is -0.823. The molecule has 0 aromatic carbocycles. The van der Waals surface area contributed by atoms with E-state index in [1.807, 2.05) is 6.08 Å². The molecule has 0 fully saturated rings. The van der Waals surface area contributed by atoms with Gasteiger partial charge in [-0.2, -0.15) is 0 Å². The van der Waals surface area contributed by atoms with Crippen molar-refractivity contribution < 1.29 is 28.6 Å². The van der Waals surface area contributed by atoms with Crippen molar-refractivity contribution in [3.05, 3.63) is 60.8 Å². The fourth-order valence-corrected chi connectivity index (χ4v) is 8.46. The number of carbonyl (C=O) groups is 3. The van der Waals surface area contributed by atoms with Gasteiger partial charge >= 0.3 is 17.9 Å². The Labute approximate surface area is 421 Å². The Morgan fingerprint density at radius 3 is 0.838 bits per heavy atom. The summed E-state index contributed by atoms with van der Waals surface area (Å²) in [5.41, 5.74) is 0. The van der Waals surface area contributed by atoms with Gasteiger partial charge in [-0.05, 0) is 44.9 Å². The fraction of sp³-hybridized carbons (Fsp3) is 0.790. The third-order valence-corrected chi connectivity index (χ3v) is 12.8. The Kier molecular flexibility index (Phi) is 54.3. The van der Waals surface area contributed by atoms with E-state index in [0.29, 0.717) is 12.8 Å². The molecule has 0 aromatic heterocycles. The van der Waals surface area contributed by atoms with Crippen molar-refractivity contribution in [1.82, 2.24) is 0 Å². The molecule has 0 saturated heterocycles. The molecule has 0 saturated carbocycles. The first-order chi connectivity index (χ1) is 33.5. The van der Waals surface area contributed by atoms with Crippen LogP contribution in [0.15, 0.2) is 60.8 Å². The molecule has 394 valence electrons. The van der Waals surface area contributed by atoms with E-state index < -0.39 is 12.1 Å². The van der Waals surface area contributed by atoms with Crippen LogP contribution in [0.25, 0.3) is 0 Å². The van der Waals surface area contributed by atoms with Crippen molar-refractivity contribution >= 4 is 17.9 Å². The van der Waals surface area contributed by atoms with Gasteiger partial charge in [0.15, 0.2) is 6.10 Å². The summed E-state index contributed by atoms with van der Waals surface area (Å²) >= 11 is 0. The maximum absolute atomic E-state index is 12.7. The number of carbonyl (C=O) groups excluding carboxylic acids is 3. The Morgan fingerprint density at radius 1 is 0.309 bits per heavy atom. The van der Waals surface area contributed by atoms with Crippen LogP contribution in [0.3, 0.4) is 0 Å². The highest BCUT2D eigenvalue weighted by molar-refractivity contribution is 5.72. The van der Waals surface area contributed by atoms with Gasteiger partial charge in [0.1, 0.15) is 13.2 Å². The first-order valence-electron chi connectivity index (χ1n) is 29.3. The van der Waals surface area contributed by atoms with E-state index >= 15 is 0 Å². The average Bonchev–Trinajstić information content (AvgIpc) is 3.34. The lowest BCUT2D eigenvalue weighted by Crippen LogP contribution is -2.30. The van der Waals surface area contributed by atoms with Crippen LogP contribution in [-0.2, 0) is 28.6 Å². The zero-order valence-electron chi connectivity index (χ0n) is 45.1. The van der Waals surface area contributed by atoms with E-state index in [2.05, 4.69) is 69.4 Å². The van der Waals surface area contributed by atoms with Crippen LogP contribution in [0.1, 0.15) is 297 Å². The van der Waals surface area contributed by atoms with Gasteiger partial charge in [-0.25, -0.2) is 0 Å². The topological polar surface area (TPSA) is 78.9 Å². The van der Waals surface area contributed by atoms with Crippen LogP contribution < -0.4 is 0 Å². The van der Waals surface area contributed by atoms with Gasteiger partial charge in [0.25, 0.3) is 0 Å². The van der Waals surface area contributed by atoms with Crippen LogP contribution in [0.2, 0.25) is 0 Å². The lowest BCUT2D eigenvalue weighted by atomic mass is 10.0. The molecule has 0 spiro atoms. The zero-order valence-corrected chi connectivity index (χ0v) is 45.1. The van der Waals surface area contributed by atoms with Gasteiger partial charge in [0.05, 0.1) is 6.42 Å². The predicted molar refractivity (Wildman–Crippen MR) is 293 cm³/mol. The highest BCUT2D eigenvalue weighted by Crippen LogP contribution is 2.17. The maximum atomic E-state index is 12.7. The Hall–Kier alpha value is -2.89. The van der Waals surface area contributed by atoms with Gasteiger partial charge in [-0.15, -0.1) is 0 Å². The second-order valence-electron chi connectivity index (χ2n) is 19.6. The largest absolute Gasteiger partial charge is 0.462 e. The summed E-state index contributed by atoms with van der Waals surface area (Å²) in [6, 6.07) is 0. The van der Waals surface area contributed by atoms with Crippen molar-refractivity contribution in [2.45, 2.75) is 303 Å². The quantitative estimate of drug-likeness (QED) is 0.0262. The van der Waals surface area contributed by atoms with E-state index in [9.17, 15) is 14.4 Å². The molecule has 6 nitrogen and oxygen atoms in total. The maximum Gasteiger partial charge on any atom is 0.310 e. The molecule has 0 aliphatic rings. The SMILES string of the molecule is CC/C=C\C/C=C\C/C=C\C/C=C\C/C=C\CC(=O)OC(COC(=O)CCCCCCC)COC(=O)CCCCCCCCCCCCCCCCCCCCCCCCCCCCCCCC. The third-order valence-electron chi connectivity index (χ3n) is 12.8. The van der Waals surface area contributed by atoms with Crippen LogP contribution in [0.5, 0.6) is 0 Å². The normalized spacial score (nSPS) is 12.5. The molecule has 0 heterocycles. The fourth-order valence-electron chi connectivity index (χ4n) is 8.46. The minimum Gasteiger partial charge on any atom is -0.462 e. The molecule has 0 N–H and O–H groups in total. The molecular weight excluding hydrogens is 841 g/mol. The Balaban J connectivity index is 3.99. The molecule has 68 heavy (non-hydrogen) atoms. The molecule has 1 atom stereocenters. The molecule has 1 unspecified atom stereocenters. The van der Waals surface area contributed by atoms with Crippen molar-refractivity contribution in [1.29, 1.82) is 0 Å². The molecule has 0 radical (unpaired) electrons. The van der Waals surface area contributed by atoms with Crippen molar-refractivity contribution in [2.75, 3.05) is 13.2 Å². The van der Waals surface area contributed by atoms with Gasteiger partial charge in [0.2, 0.25) is 0 Å². The van der Waals surface area contributed by atoms with E-state index in [0.717, 1.165) is 83.5 Å². The van der Waals surface area contributed by atoms with E-state index in [1.54, 1.807) is 6.08 Å². The van der Waals surface area contributed by atoms with E-state index in [1.165, 1.54) is 173 Å². The lowest BCUT2D eigenvalue weighted by molar-refractivity contribution is -0.166.